The summed E-state index contributed by atoms with van der Waals surface area (Å²) < 4.78 is 0. The Balaban J connectivity index is 0.00000144. The molecule has 0 spiro atoms. The predicted octanol–water partition coefficient (Wildman–Crippen LogP) is 3.63. The largest absolute Gasteiger partial charge is 0.365 e. The van der Waals surface area contributed by atoms with Gasteiger partial charge >= 0.3 is 0 Å². The topological polar surface area (TPSA) is 50.7 Å². The highest BCUT2D eigenvalue weighted by molar-refractivity contribution is 5.86. The van der Waals surface area contributed by atoms with E-state index < -0.39 is 0 Å². The minimum atomic E-state index is 0. The fraction of sp³-hybridized carbons (Fsp3) is 0.118. The molecule has 1 aliphatic carbocycles. The van der Waals surface area contributed by atoms with Gasteiger partial charge in [0.1, 0.15) is 12.1 Å². The van der Waals surface area contributed by atoms with Gasteiger partial charge in [0.25, 0.3) is 0 Å². The van der Waals surface area contributed by atoms with E-state index in [1.54, 1.807) is 12.5 Å². The van der Waals surface area contributed by atoms with Gasteiger partial charge in [-0.2, -0.15) is 0 Å². The molecule has 5 heteroatoms. The van der Waals surface area contributed by atoms with Crippen molar-refractivity contribution in [3.8, 4) is 0 Å². The molecule has 0 radical (unpaired) electrons. The molecular weight excluding hydrogens is 296 g/mol. The number of fused-ring (bicyclic) bond motifs is 2. The second kappa shape index (κ2) is 6.12. The SMILES string of the molecule is C1=Cc2cc(CNc3ncnc4ncccc34)ccc2C1.Cl. The maximum atomic E-state index is 4.32. The molecule has 2 aromatic heterocycles. The Morgan fingerprint density at radius 1 is 1.09 bits per heavy atom. The van der Waals surface area contributed by atoms with E-state index in [9.17, 15) is 0 Å². The third-order valence-corrected chi connectivity index (χ3v) is 3.71. The normalized spacial score (nSPS) is 12.0. The Kier molecular flexibility index (Phi) is 4.02. The Morgan fingerprint density at radius 2 is 2.05 bits per heavy atom. The number of benzene rings is 1. The molecule has 0 saturated heterocycles. The van der Waals surface area contributed by atoms with Crippen molar-refractivity contribution < 1.29 is 0 Å². The van der Waals surface area contributed by atoms with Crippen molar-refractivity contribution in [2.75, 3.05) is 5.32 Å². The number of nitrogens with zero attached hydrogens (tertiary/aromatic N) is 3. The first-order valence-electron chi connectivity index (χ1n) is 6.98. The fourth-order valence-corrected chi connectivity index (χ4v) is 2.63. The van der Waals surface area contributed by atoms with Crippen molar-refractivity contribution in [2.45, 2.75) is 13.0 Å². The Morgan fingerprint density at radius 3 is 3.00 bits per heavy atom. The first kappa shape index (κ1) is 14.5. The molecule has 1 N–H and O–H groups in total. The molecule has 110 valence electrons. The summed E-state index contributed by atoms with van der Waals surface area (Å²) in [5, 5.41) is 4.33. The van der Waals surface area contributed by atoms with Crippen LogP contribution < -0.4 is 5.32 Å². The number of anilines is 1. The zero-order valence-corrected chi connectivity index (χ0v) is 12.7. The van der Waals surface area contributed by atoms with Gasteiger partial charge in [-0.3, -0.25) is 0 Å². The molecule has 0 bridgehead atoms. The molecule has 0 atom stereocenters. The van der Waals surface area contributed by atoms with Crippen LogP contribution in [0.4, 0.5) is 5.82 Å². The van der Waals surface area contributed by atoms with E-state index in [4.69, 9.17) is 0 Å². The number of rotatable bonds is 3. The van der Waals surface area contributed by atoms with Crippen molar-refractivity contribution >= 4 is 35.3 Å². The lowest BCUT2D eigenvalue weighted by molar-refractivity contribution is 1.09. The monoisotopic (exact) mass is 310 g/mol. The number of aromatic nitrogens is 3. The quantitative estimate of drug-likeness (QED) is 0.802. The van der Waals surface area contributed by atoms with Gasteiger partial charge in [-0.05, 0) is 41.3 Å². The number of hydrogen-bond acceptors (Lipinski definition) is 4. The first-order chi connectivity index (χ1) is 10.4. The molecule has 0 fully saturated rings. The summed E-state index contributed by atoms with van der Waals surface area (Å²) in [5.74, 6) is 0.823. The molecule has 0 amide bonds. The maximum Gasteiger partial charge on any atom is 0.164 e. The van der Waals surface area contributed by atoms with Crippen molar-refractivity contribution in [1.29, 1.82) is 0 Å². The van der Waals surface area contributed by atoms with Gasteiger partial charge < -0.3 is 5.32 Å². The van der Waals surface area contributed by atoms with Gasteiger partial charge in [0.2, 0.25) is 0 Å². The van der Waals surface area contributed by atoms with Gasteiger partial charge in [0.15, 0.2) is 5.65 Å². The summed E-state index contributed by atoms with van der Waals surface area (Å²) in [7, 11) is 0. The number of pyridine rings is 1. The van der Waals surface area contributed by atoms with E-state index in [0.717, 1.165) is 24.2 Å². The molecule has 2 heterocycles. The lowest BCUT2D eigenvalue weighted by Crippen LogP contribution is -2.03. The van der Waals surface area contributed by atoms with E-state index in [1.807, 2.05) is 12.1 Å². The maximum absolute atomic E-state index is 4.32. The second-order valence-electron chi connectivity index (χ2n) is 5.09. The van der Waals surface area contributed by atoms with Crippen molar-refractivity contribution in [1.82, 2.24) is 15.0 Å². The lowest BCUT2D eigenvalue weighted by atomic mass is 10.1. The van der Waals surface area contributed by atoms with Crippen LogP contribution in [0.25, 0.3) is 17.1 Å². The molecule has 0 saturated carbocycles. The molecule has 4 rings (SSSR count). The van der Waals surface area contributed by atoms with Crippen LogP contribution in [0.1, 0.15) is 16.7 Å². The lowest BCUT2D eigenvalue weighted by Gasteiger charge is -2.09. The second-order valence-corrected chi connectivity index (χ2v) is 5.09. The number of halogens is 1. The fourth-order valence-electron chi connectivity index (χ4n) is 2.63. The van der Waals surface area contributed by atoms with Crippen molar-refractivity contribution in [3.63, 3.8) is 0 Å². The zero-order chi connectivity index (χ0) is 14.1. The molecule has 0 aliphatic heterocycles. The minimum absolute atomic E-state index is 0. The Labute approximate surface area is 134 Å². The van der Waals surface area contributed by atoms with Crippen LogP contribution in [0, 0.1) is 0 Å². The summed E-state index contributed by atoms with van der Waals surface area (Å²) >= 11 is 0. The minimum Gasteiger partial charge on any atom is -0.365 e. The van der Waals surface area contributed by atoms with Crippen LogP contribution in [0.2, 0.25) is 0 Å². The van der Waals surface area contributed by atoms with Crippen LogP contribution in [0.15, 0.2) is 48.9 Å². The number of allylic oxidation sites excluding steroid dienone is 1. The number of hydrogen-bond donors (Lipinski definition) is 1. The average Bonchev–Trinajstić information content (AvgIpc) is 3.00. The molecule has 22 heavy (non-hydrogen) atoms. The highest BCUT2D eigenvalue weighted by Crippen LogP contribution is 2.22. The van der Waals surface area contributed by atoms with Crippen LogP contribution >= 0.6 is 12.4 Å². The molecule has 3 aromatic rings. The zero-order valence-electron chi connectivity index (χ0n) is 11.9. The van der Waals surface area contributed by atoms with Crippen LogP contribution in [0.5, 0.6) is 0 Å². The van der Waals surface area contributed by atoms with Crippen molar-refractivity contribution in [3.05, 3.63) is 65.6 Å². The Bertz CT molecular complexity index is 840. The highest BCUT2D eigenvalue weighted by Gasteiger charge is 2.07. The third kappa shape index (κ3) is 2.65. The van der Waals surface area contributed by atoms with Gasteiger partial charge in [0.05, 0.1) is 5.39 Å². The van der Waals surface area contributed by atoms with E-state index in [2.05, 4.69) is 50.6 Å². The van der Waals surface area contributed by atoms with Crippen LogP contribution in [-0.4, -0.2) is 15.0 Å². The summed E-state index contributed by atoms with van der Waals surface area (Å²) in [6.45, 7) is 0.738. The summed E-state index contributed by atoms with van der Waals surface area (Å²) in [6.07, 6.45) is 8.72. The van der Waals surface area contributed by atoms with Gasteiger partial charge in [-0.15, -0.1) is 12.4 Å². The molecule has 4 nitrogen and oxygen atoms in total. The molecule has 1 aliphatic rings. The van der Waals surface area contributed by atoms with Crippen LogP contribution in [0.3, 0.4) is 0 Å². The summed E-state index contributed by atoms with van der Waals surface area (Å²) in [5.41, 5.74) is 4.68. The van der Waals surface area contributed by atoms with Gasteiger partial charge in [0, 0.05) is 12.7 Å². The van der Waals surface area contributed by atoms with E-state index in [0.29, 0.717) is 5.65 Å². The molecule has 1 aromatic carbocycles. The van der Waals surface area contributed by atoms with Crippen molar-refractivity contribution in [2.24, 2.45) is 0 Å². The number of nitrogens with one attached hydrogen (secondary N) is 1. The smallest absolute Gasteiger partial charge is 0.164 e. The predicted molar refractivity (Wildman–Crippen MR) is 91.1 cm³/mol. The average molecular weight is 311 g/mol. The van der Waals surface area contributed by atoms with E-state index >= 15 is 0 Å². The standard InChI is InChI=1S/C17H14N4.ClH/c1-3-13-7-6-12(9-14(13)4-1)10-19-17-15-5-2-8-18-16(15)20-11-21-17;/h1-2,4-9,11H,3,10H2,(H,18,19,20,21);1H. The Hall–Kier alpha value is -2.46. The third-order valence-electron chi connectivity index (χ3n) is 3.71. The van der Waals surface area contributed by atoms with Crippen LogP contribution in [-0.2, 0) is 13.0 Å². The van der Waals surface area contributed by atoms with Gasteiger partial charge in [-0.25, -0.2) is 15.0 Å². The molecule has 0 unspecified atom stereocenters. The van der Waals surface area contributed by atoms with E-state index in [-0.39, 0.29) is 12.4 Å². The van der Waals surface area contributed by atoms with Gasteiger partial charge in [-0.1, -0.05) is 24.3 Å². The first-order valence-corrected chi connectivity index (χ1v) is 6.98. The van der Waals surface area contributed by atoms with E-state index in [1.165, 1.54) is 16.7 Å². The molecular formula is C17H15ClN4. The summed E-state index contributed by atoms with van der Waals surface area (Å²) in [4.78, 5) is 12.7. The summed E-state index contributed by atoms with van der Waals surface area (Å²) in [6, 6.07) is 10.5. The highest BCUT2D eigenvalue weighted by atomic mass is 35.5.